The molecule has 3 N–H and O–H groups in total. The molecule has 1 unspecified atom stereocenters. The van der Waals surface area contributed by atoms with Crippen molar-refractivity contribution in [2.24, 2.45) is 5.14 Å². The quantitative estimate of drug-likeness (QED) is 0.718. The molecule has 2 rings (SSSR count). The van der Waals surface area contributed by atoms with E-state index in [0.29, 0.717) is 0 Å². The molecule has 0 saturated heterocycles. The molecule has 1 atom stereocenters. The van der Waals surface area contributed by atoms with Crippen molar-refractivity contribution in [3.63, 3.8) is 0 Å². The van der Waals surface area contributed by atoms with Gasteiger partial charge in [0, 0.05) is 5.69 Å². The Hall–Kier alpha value is -1.33. The number of nitrogens with one attached hydrogen (secondary N) is 1. The second-order valence-electron chi connectivity index (χ2n) is 3.10. The highest BCUT2D eigenvalue weighted by molar-refractivity contribution is 7.90. The monoisotopic (exact) mass is 210 g/mol. The maximum Gasteiger partial charge on any atom is 0.233 e. The molecule has 4 nitrogen and oxygen atoms in total. The summed E-state index contributed by atoms with van der Waals surface area (Å²) in [6.45, 7) is 0. The van der Waals surface area contributed by atoms with Crippen LogP contribution in [0.2, 0.25) is 0 Å². The smallest absolute Gasteiger partial charge is 0.233 e. The molecule has 1 aliphatic rings. The predicted molar refractivity (Wildman–Crippen MR) is 56.0 cm³/mol. The summed E-state index contributed by atoms with van der Waals surface area (Å²) in [5, 5.41) is 7.04. The Morgan fingerprint density at radius 3 is 2.71 bits per heavy atom. The molecular formula is C9H10N2O2S. The number of primary sulfonamides is 1. The van der Waals surface area contributed by atoms with Crippen molar-refractivity contribution in [2.45, 2.75) is 5.37 Å². The molecule has 0 bridgehead atoms. The lowest BCUT2D eigenvalue weighted by Crippen LogP contribution is -2.34. The van der Waals surface area contributed by atoms with Crippen LogP contribution in [0.3, 0.4) is 0 Å². The molecule has 14 heavy (non-hydrogen) atoms. The number of benzene rings is 1. The standard InChI is InChI=1S/C9H10N2O2S/c10-14(12,13)9-6-5-7-3-1-2-4-8(7)11-9/h1-6,9,11H,(H2,10,12,13). The molecule has 1 aromatic carbocycles. The van der Waals surface area contributed by atoms with Gasteiger partial charge in [-0.15, -0.1) is 0 Å². The first-order valence-electron chi connectivity index (χ1n) is 4.13. The van der Waals surface area contributed by atoms with Gasteiger partial charge in [0.2, 0.25) is 10.0 Å². The molecule has 0 fully saturated rings. The van der Waals surface area contributed by atoms with Gasteiger partial charge >= 0.3 is 0 Å². The van der Waals surface area contributed by atoms with Gasteiger partial charge in [0.1, 0.15) is 0 Å². The molecule has 0 radical (unpaired) electrons. The zero-order chi connectivity index (χ0) is 10.2. The molecule has 1 aromatic rings. The van der Waals surface area contributed by atoms with Crippen LogP contribution in [0.1, 0.15) is 5.56 Å². The molecule has 0 spiro atoms. The zero-order valence-electron chi connectivity index (χ0n) is 7.34. The van der Waals surface area contributed by atoms with Crippen molar-refractivity contribution < 1.29 is 8.42 Å². The van der Waals surface area contributed by atoms with E-state index in [4.69, 9.17) is 5.14 Å². The van der Waals surface area contributed by atoms with E-state index in [1.807, 2.05) is 24.3 Å². The van der Waals surface area contributed by atoms with Gasteiger partial charge in [-0.25, -0.2) is 13.6 Å². The molecule has 74 valence electrons. The zero-order valence-corrected chi connectivity index (χ0v) is 8.16. The van der Waals surface area contributed by atoms with Crippen molar-refractivity contribution in [3.05, 3.63) is 35.9 Å². The minimum absolute atomic E-state index is 0.786. The molecule has 1 heterocycles. The second-order valence-corrected chi connectivity index (χ2v) is 4.79. The predicted octanol–water partition coefficient (Wildman–Crippen LogP) is 0.740. The van der Waals surface area contributed by atoms with Crippen LogP contribution in [0.5, 0.6) is 0 Å². The van der Waals surface area contributed by atoms with Gasteiger partial charge in [0.15, 0.2) is 5.37 Å². The highest BCUT2D eigenvalue weighted by Crippen LogP contribution is 2.23. The Bertz CT molecular complexity index is 479. The summed E-state index contributed by atoms with van der Waals surface area (Å²) in [6, 6.07) is 7.45. The van der Waals surface area contributed by atoms with Crippen LogP contribution in [-0.4, -0.2) is 13.8 Å². The summed E-state index contributed by atoms with van der Waals surface area (Å²) in [7, 11) is -3.57. The Balaban J connectivity index is 2.40. The van der Waals surface area contributed by atoms with E-state index in [-0.39, 0.29) is 0 Å². The highest BCUT2D eigenvalue weighted by atomic mass is 32.2. The Morgan fingerprint density at radius 1 is 1.29 bits per heavy atom. The Kier molecular flexibility index (Phi) is 2.05. The van der Waals surface area contributed by atoms with E-state index in [0.717, 1.165) is 11.3 Å². The van der Waals surface area contributed by atoms with Crippen molar-refractivity contribution in [1.82, 2.24) is 0 Å². The summed E-state index contributed by atoms with van der Waals surface area (Å²) in [4.78, 5) is 0. The van der Waals surface area contributed by atoms with E-state index in [2.05, 4.69) is 5.32 Å². The third kappa shape index (κ3) is 1.64. The van der Waals surface area contributed by atoms with Crippen LogP contribution in [-0.2, 0) is 10.0 Å². The molecule has 0 saturated carbocycles. The Labute approximate surface area is 82.5 Å². The summed E-state index contributed by atoms with van der Waals surface area (Å²) in [5.74, 6) is 0. The fourth-order valence-corrected chi connectivity index (χ4v) is 1.95. The van der Waals surface area contributed by atoms with E-state index < -0.39 is 15.4 Å². The van der Waals surface area contributed by atoms with E-state index in [9.17, 15) is 8.42 Å². The third-order valence-corrected chi connectivity index (χ3v) is 3.05. The third-order valence-electron chi connectivity index (χ3n) is 2.06. The van der Waals surface area contributed by atoms with Crippen LogP contribution in [0, 0.1) is 0 Å². The van der Waals surface area contributed by atoms with Crippen LogP contribution in [0.15, 0.2) is 30.3 Å². The summed E-state index contributed by atoms with van der Waals surface area (Å²) >= 11 is 0. The highest BCUT2D eigenvalue weighted by Gasteiger charge is 2.21. The number of hydrogen-bond acceptors (Lipinski definition) is 3. The number of hydrogen-bond donors (Lipinski definition) is 2. The SMILES string of the molecule is NS(=O)(=O)C1C=Cc2ccccc2N1. The molecular weight excluding hydrogens is 200 g/mol. The fraction of sp³-hybridized carbons (Fsp3) is 0.111. The maximum atomic E-state index is 11.1. The van der Waals surface area contributed by atoms with Crippen LogP contribution >= 0.6 is 0 Å². The summed E-state index contributed by atoms with van der Waals surface area (Å²) in [6.07, 6.45) is 3.29. The number of para-hydroxylation sites is 1. The summed E-state index contributed by atoms with van der Waals surface area (Å²) in [5.41, 5.74) is 1.75. The molecule has 0 amide bonds. The van der Waals surface area contributed by atoms with Crippen molar-refractivity contribution in [2.75, 3.05) is 5.32 Å². The average Bonchev–Trinajstić information content (AvgIpc) is 2.16. The van der Waals surface area contributed by atoms with Gasteiger partial charge in [-0.1, -0.05) is 24.3 Å². The first kappa shape index (κ1) is 9.23. The number of rotatable bonds is 1. The number of anilines is 1. The maximum absolute atomic E-state index is 11.1. The molecule has 0 aliphatic carbocycles. The van der Waals surface area contributed by atoms with E-state index >= 15 is 0 Å². The second kappa shape index (κ2) is 3.11. The number of fused-ring (bicyclic) bond motifs is 1. The minimum Gasteiger partial charge on any atom is -0.364 e. The lowest BCUT2D eigenvalue weighted by molar-refractivity contribution is 0.593. The van der Waals surface area contributed by atoms with Crippen LogP contribution in [0.4, 0.5) is 5.69 Å². The lowest BCUT2D eigenvalue weighted by Gasteiger charge is -2.20. The van der Waals surface area contributed by atoms with Crippen LogP contribution < -0.4 is 10.5 Å². The Morgan fingerprint density at radius 2 is 2.00 bits per heavy atom. The van der Waals surface area contributed by atoms with Gasteiger partial charge < -0.3 is 5.32 Å². The molecule has 5 heteroatoms. The normalized spacial score (nSPS) is 19.9. The minimum atomic E-state index is -3.57. The van der Waals surface area contributed by atoms with Gasteiger partial charge in [0.25, 0.3) is 0 Å². The summed E-state index contributed by atoms with van der Waals surface area (Å²) < 4.78 is 22.1. The molecule has 1 aliphatic heterocycles. The first-order chi connectivity index (χ1) is 6.57. The number of nitrogens with two attached hydrogens (primary N) is 1. The van der Waals surface area contributed by atoms with E-state index in [1.54, 1.807) is 6.08 Å². The fourth-order valence-electron chi connectivity index (χ4n) is 1.36. The topological polar surface area (TPSA) is 72.2 Å². The first-order valence-corrected chi connectivity index (χ1v) is 5.74. The van der Waals surface area contributed by atoms with Crippen molar-refractivity contribution >= 4 is 21.8 Å². The average molecular weight is 210 g/mol. The van der Waals surface area contributed by atoms with Gasteiger partial charge in [-0.3, -0.25) is 0 Å². The van der Waals surface area contributed by atoms with Gasteiger partial charge in [-0.05, 0) is 17.7 Å². The van der Waals surface area contributed by atoms with E-state index in [1.165, 1.54) is 6.08 Å². The van der Waals surface area contributed by atoms with Crippen LogP contribution in [0.25, 0.3) is 6.08 Å². The van der Waals surface area contributed by atoms with Crippen molar-refractivity contribution in [3.8, 4) is 0 Å². The molecule has 0 aromatic heterocycles. The van der Waals surface area contributed by atoms with Gasteiger partial charge in [-0.2, -0.15) is 0 Å². The van der Waals surface area contributed by atoms with Gasteiger partial charge in [0.05, 0.1) is 0 Å². The van der Waals surface area contributed by atoms with Crippen molar-refractivity contribution in [1.29, 1.82) is 0 Å². The lowest BCUT2D eigenvalue weighted by atomic mass is 10.1. The number of sulfonamides is 1. The largest absolute Gasteiger partial charge is 0.364 e.